The number of benzene rings is 3. The van der Waals surface area contributed by atoms with Crippen molar-refractivity contribution in [2.45, 2.75) is 44.4 Å². The first-order valence-corrected chi connectivity index (χ1v) is 14.5. The van der Waals surface area contributed by atoms with E-state index in [4.69, 9.17) is 0 Å². The van der Waals surface area contributed by atoms with Crippen molar-refractivity contribution < 1.29 is 18.0 Å². The number of carbonyl (C=O) groups is 2. The van der Waals surface area contributed by atoms with Crippen LogP contribution in [0.1, 0.15) is 54.9 Å². The second-order valence-corrected chi connectivity index (χ2v) is 12.7. The quantitative estimate of drug-likeness (QED) is 0.267. The van der Waals surface area contributed by atoms with Gasteiger partial charge in [0.05, 0.1) is 17.1 Å². The molecule has 39 heavy (non-hydrogen) atoms. The molecule has 7 heteroatoms. The van der Waals surface area contributed by atoms with E-state index in [1.165, 1.54) is 17.7 Å². The molecule has 200 valence electrons. The third-order valence-corrected chi connectivity index (χ3v) is 8.25. The molecule has 0 saturated heterocycles. The molecule has 0 fully saturated rings. The summed E-state index contributed by atoms with van der Waals surface area (Å²) in [6, 6.07) is 26.8. The molecule has 3 aromatic carbocycles. The minimum Gasteiger partial charge on any atom is -0.310 e. The summed E-state index contributed by atoms with van der Waals surface area (Å²) in [5, 5.41) is 2.78. The van der Waals surface area contributed by atoms with Gasteiger partial charge in [-0.25, -0.2) is 13.4 Å². The lowest BCUT2D eigenvalue weighted by atomic mass is 9.86. The van der Waals surface area contributed by atoms with Gasteiger partial charge in [0, 0.05) is 11.1 Å². The second-order valence-electron chi connectivity index (χ2n) is 10.4. The first-order chi connectivity index (χ1) is 18.5. The largest absolute Gasteiger partial charge is 0.310 e. The normalized spacial score (nSPS) is 11.7. The van der Waals surface area contributed by atoms with Crippen LogP contribution in [0.2, 0.25) is 0 Å². The summed E-state index contributed by atoms with van der Waals surface area (Å²) >= 11 is 0. The summed E-state index contributed by atoms with van der Waals surface area (Å²) in [7, 11) is -3.31. The van der Waals surface area contributed by atoms with Gasteiger partial charge in [-0.15, -0.1) is 0 Å². The Morgan fingerprint density at radius 1 is 0.821 bits per heavy atom. The van der Waals surface area contributed by atoms with E-state index in [0.717, 1.165) is 5.56 Å². The summed E-state index contributed by atoms with van der Waals surface area (Å²) in [5.41, 5.74) is 4.13. The number of hydrogen-bond donors (Lipinski definition) is 1. The number of amides is 1. The fourth-order valence-corrected chi connectivity index (χ4v) is 5.05. The van der Waals surface area contributed by atoms with Crippen molar-refractivity contribution in [2.24, 2.45) is 0 Å². The number of nitrogens with one attached hydrogen (secondary N) is 1. The van der Waals surface area contributed by atoms with E-state index in [1.807, 2.05) is 18.2 Å². The molecule has 4 aromatic rings. The average molecular weight is 541 g/mol. The molecule has 0 aliphatic carbocycles. The molecule has 0 aliphatic heterocycles. The zero-order chi connectivity index (χ0) is 28.2. The van der Waals surface area contributed by atoms with Gasteiger partial charge < -0.3 is 5.32 Å². The number of ketones is 1. The van der Waals surface area contributed by atoms with Crippen LogP contribution in [0.3, 0.4) is 0 Å². The highest BCUT2D eigenvalue weighted by Crippen LogP contribution is 2.29. The molecule has 0 radical (unpaired) electrons. The molecule has 1 aromatic heterocycles. The molecule has 1 heterocycles. The van der Waals surface area contributed by atoms with Crippen molar-refractivity contribution in [1.29, 1.82) is 0 Å². The Morgan fingerprint density at radius 3 is 2.05 bits per heavy atom. The van der Waals surface area contributed by atoms with E-state index < -0.39 is 9.84 Å². The minimum atomic E-state index is -3.31. The number of pyridine rings is 1. The average Bonchev–Trinajstić information content (AvgIpc) is 2.93. The van der Waals surface area contributed by atoms with Crippen LogP contribution in [0.5, 0.6) is 0 Å². The third-order valence-electron chi connectivity index (χ3n) is 6.50. The molecule has 0 aliphatic rings. The number of rotatable bonds is 8. The van der Waals surface area contributed by atoms with Gasteiger partial charge in [-0.05, 0) is 46.4 Å². The Morgan fingerprint density at radius 2 is 1.46 bits per heavy atom. The van der Waals surface area contributed by atoms with Crippen LogP contribution < -0.4 is 5.32 Å². The van der Waals surface area contributed by atoms with Gasteiger partial charge >= 0.3 is 0 Å². The fraction of sp³-hybridized carbons (Fsp3) is 0.219. The van der Waals surface area contributed by atoms with Crippen LogP contribution in [-0.4, -0.2) is 30.8 Å². The van der Waals surface area contributed by atoms with E-state index in [2.05, 4.69) is 43.2 Å². The SMILES string of the molecule is CCS(=O)(=O)c1ccc(CC(=O)Nc2ccc(-c3ccc(C(C)(C)C)cc3)c(C(=O)c3ccccc3)n2)cc1. The molecule has 1 amide bonds. The van der Waals surface area contributed by atoms with Gasteiger partial charge in [0.1, 0.15) is 11.5 Å². The van der Waals surface area contributed by atoms with Gasteiger partial charge in [0.2, 0.25) is 11.7 Å². The predicted molar refractivity (Wildman–Crippen MR) is 155 cm³/mol. The molecule has 6 nitrogen and oxygen atoms in total. The maximum atomic E-state index is 13.5. The zero-order valence-electron chi connectivity index (χ0n) is 22.6. The first-order valence-electron chi connectivity index (χ1n) is 12.8. The molecular weight excluding hydrogens is 508 g/mol. The highest BCUT2D eigenvalue weighted by atomic mass is 32.2. The highest BCUT2D eigenvalue weighted by Gasteiger charge is 2.20. The molecule has 0 atom stereocenters. The van der Waals surface area contributed by atoms with Gasteiger partial charge in [-0.3, -0.25) is 9.59 Å². The van der Waals surface area contributed by atoms with Crippen molar-refractivity contribution in [1.82, 2.24) is 4.98 Å². The lowest BCUT2D eigenvalue weighted by molar-refractivity contribution is -0.115. The Hall–Kier alpha value is -4.10. The summed E-state index contributed by atoms with van der Waals surface area (Å²) in [6.07, 6.45) is 0.0338. The maximum absolute atomic E-state index is 13.5. The lowest BCUT2D eigenvalue weighted by Gasteiger charge is -2.19. The van der Waals surface area contributed by atoms with Crippen LogP contribution >= 0.6 is 0 Å². The Bertz CT molecular complexity index is 1590. The van der Waals surface area contributed by atoms with E-state index >= 15 is 0 Å². The topological polar surface area (TPSA) is 93.2 Å². The molecule has 4 rings (SSSR count). The number of hydrogen-bond acceptors (Lipinski definition) is 5. The second kappa shape index (κ2) is 11.3. The molecule has 0 bridgehead atoms. The van der Waals surface area contributed by atoms with Crippen LogP contribution in [0.15, 0.2) is 95.9 Å². The van der Waals surface area contributed by atoms with Gasteiger partial charge in [-0.2, -0.15) is 0 Å². The summed E-state index contributed by atoms with van der Waals surface area (Å²) in [5.74, 6) is -0.290. The highest BCUT2D eigenvalue weighted by molar-refractivity contribution is 7.91. The van der Waals surface area contributed by atoms with E-state index in [0.29, 0.717) is 16.7 Å². The number of aromatic nitrogens is 1. The Labute approximate surface area is 230 Å². The number of nitrogens with zero attached hydrogens (tertiary/aromatic N) is 1. The zero-order valence-corrected chi connectivity index (χ0v) is 23.4. The van der Waals surface area contributed by atoms with Crippen molar-refractivity contribution in [3.05, 3.63) is 113 Å². The van der Waals surface area contributed by atoms with Gasteiger partial charge in [-0.1, -0.05) is 94.4 Å². The maximum Gasteiger partial charge on any atom is 0.229 e. The molecular formula is C32H32N2O4S. The first kappa shape index (κ1) is 27.9. The van der Waals surface area contributed by atoms with Gasteiger partial charge in [0.15, 0.2) is 9.84 Å². The standard InChI is InChI=1S/C32H32N2O4S/c1-5-39(37,38)26-17-11-22(12-18-26)21-29(35)33-28-20-19-27(23-13-15-25(16-14-23)32(2,3)4)30(34-28)31(36)24-9-7-6-8-10-24/h6-20H,5,21H2,1-4H3,(H,33,34,35). The summed E-state index contributed by atoms with van der Waals surface area (Å²) < 4.78 is 24.1. The smallest absolute Gasteiger partial charge is 0.229 e. The van der Waals surface area contributed by atoms with Crippen molar-refractivity contribution >= 4 is 27.3 Å². The van der Waals surface area contributed by atoms with Gasteiger partial charge in [0.25, 0.3) is 0 Å². The number of sulfone groups is 1. The van der Waals surface area contributed by atoms with E-state index in [1.54, 1.807) is 55.5 Å². The van der Waals surface area contributed by atoms with Crippen LogP contribution in [-0.2, 0) is 26.5 Å². The summed E-state index contributed by atoms with van der Waals surface area (Å²) in [4.78, 5) is 31.1. The Kier molecular flexibility index (Phi) is 8.11. The molecule has 0 unspecified atom stereocenters. The number of carbonyl (C=O) groups excluding carboxylic acids is 2. The van der Waals surface area contributed by atoms with Crippen molar-refractivity contribution in [3.8, 4) is 11.1 Å². The van der Waals surface area contributed by atoms with Crippen molar-refractivity contribution in [2.75, 3.05) is 11.1 Å². The van der Waals surface area contributed by atoms with E-state index in [-0.39, 0.29) is 45.7 Å². The van der Waals surface area contributed by atoms with Crippen LogP contribution in [0, 0.1) is 0 Å². The van der Waals surface area contributed by atoms with Crippen molar-refractivity contribution in [3.63, 3.8) is 0 Å². The predicted octanol–water partition coefficient (Wildman–Crippen LogP) is 6.25. The fourth-order valence-electron chi connectivity index (χ4n) is 4.16. The monoisotopic (exact) mass is 540 g/mol. The lowest BCUT2D eigenvalue weighted by Crippen LogP contribution is -2.17. The minimum absolute atomic E-state index is 0.00180. The molecule has 0 saturated carbocycles. The molecule has 0 spiro atoms. The third kappa shape index (κ3) is 6.67. The van der Waals surface area contributed by atoms with Crippen LogP contribution in [0.25, 0.3) is 11.1 Å². The molecule has 1 N–H and O–H groups in total. The number of anilines is 1. The summed E-state index contributed by atoms with van der Waals surface area (Å²) in [6.45, 7) is 8.03. The van der Waals surface area contributed by atoms with E-state index in [9.17, 15) is 18.0 Å². The Balaban J connectivity index is 1.62. The van der Waals surface area contributed by atoms with Crippen LogP contribution in [0.4, 0.5) is 5.82 Å².